The fraction of sp³-hybridized carbons (Fsp3) is 0.385. The summed E-state index contributed by atoms with van der Waals surface area (Å²) in [6.07, 6.45) is 1.06. The van der Waals surface area contributed by atoms with Gasteiger partial charge in [0.2, 0.25) is 6.79 Å². The molecule has 0 saturated heterocycles. The molecule has 4 rings (SSSR count). The van der Waals surface area contributed by atoms with Crippen molar-refractivity contribution in [3.05, 3.63) is 71.1 Å². The van der Waals surface area contributed by atoms with Gasteiger partial charge in [-0.05, 0) is 54.3 Å². The zero-order valence-electron chi connectivity index (χ0n) is 19.9. The molecule has 3 aromatic rings. The van der Waals surface area contributed by atoms with Gasteiger partial charge in [-0.3, -0.25) is 9.69 Å². The number of carbonyl (C=O) groups excluding carboxylic acids is 1. The van der Waals surface area contributed by atoms with E-state index in [1.165, 1.54) is 5.56 Å². The first kappa shape index (κ1) is 23.6. The zero-order valence-corrected chi connectivity index (χ0v) is 19.9. The van der Waals surface area contributed by atoms with Gasteiger partial charge in [0.25, 0.3) is 5.91 Å². The Labute approximate surface area is 199 Å². The number of methoxy groups -OCH3 is 1. The first-order valence-electron chi connectivity index (χ1n) is 11.5. The number of aromatic nitrogens is 1. The van der Waals surface area contributed by atoms with E-state index in [2.05, 4.69) is 41.4 Å². The molecule has 0 bridgehead atoms. The van der Waals surface area contributed by atoms with Crippen molar-refractivity contribution >= 4 is 5.91 Å². The molecule has 0 atom stereocenters. The van der Waals surface area contributed by atoms with Gasteiger partial charge in [-0.2, -0.15) is 0 Å². The highest BCUT2D eigenvalue weighted by molar-refractivity contribution is 5.92. The van der Waals surface area contributed by atoms with Gasteiger partial charge in [-0.25, -0.2) is 0 Å². The van der Waals surface area contributed by atoms with E-state index in [9.17, 15) is 4.79 Å². The van der Waals surface area contributed by atoms with Crippen LogP contribution in [-0.4, -0.2) is 36.4 Å². The van der Waals surface area contributed by atoms with Crippen LogP contribution in [0.2, 0.25) is 0 Å². The summed E-state index contributed by atoms with van der Waals surface area (Å²) in [5.74, 6) is 3.21. The van der Waals surface area contributed by atoms with E-state index in [1.807, 2.05) is 30.3 Å². The van der Waals surface area contributed by atoms with Gasteiger partial charge in [0.15, 0.2) is 23.0 Å². The maximum atomic E-state index is 12.6. The molecule has 0 aliphatic carbocycles. The number of nitrogens with zero attached hydrogens (tertiary/aromatic N) is 2. The molecule has 0 fully saturated rings. The third kappa shape index (κ3) is 6.29. The number of fused-ring (bicyclic) bond motifs is 1. The summed E-state index contributed by atoms with van der Waals surface area (Å²) in [7, 11) is 1.66. The van der Waals surface area contributed by atoms with Gasteiger partial charge in [0, 0.05) is 19.2 Å². The molecule has 0 unspecified atom stereocenters. The predicted molar refractivity (Wildman–Crippen MR) is 127 cm³/mol. The van der Waals surface area contributed by atoms with Crippen LogP contribution in [0.4, 0.5) is 0 Å². The van der Waals surface area contributed by atoms with E-state index in [0.717, 1.165) is 30.8 Å². The fourth-order valence-corrected chi connectivity index (χ4v) is 3.68. The number of hydrogen-bond donors (Lipinski definition) is 1. The number of carbonyl (C=O) groups is 1. The van der Waals surface area contributed by atoms with Crippen LogP contribution in [0.15, 0.2) is 53.1 Å². The molecule has 0 spiro atoms. The molecule has 1 N–H and O–H groups in total. The minimum Gasteiger partial charge on any atom is -0.497 e. The molecule has 2 heterocycles. The van der Waals surface area contributed by atoms with Crippen molar-refractivity contribution < 1.29 is 23.5 Å². The number of rotatable bonds is 11. The Kier molecular flexibility index (Phi) is 7.69. The molecule has 1 amide bonds. The van der Waals surface area contributed by atoms with E-state index in [-0.39, 0.29) is 18.4 Å². The quantitative estimate of drug-likeness (QED) is 0.449. The van der Waals surface area contributed by atoms with E-state index >= 15 is 0 Å². The van der Waals surface area contributed by atoms with Crippen LogP contribution >= 0.6 is 0 Å². The largest absolute Gasteiger partial charge is 0.497 e. The van der Waals surface area contributed by atoms with Crippen LogP contribution < -0.4 is 19.5 Å². The maximum absolute atomic E-state index is 12.6. The second-order valence-electron chi connectivity index (χ2n) is 8.79. The zero-order chi connectivity index (χ0) is 23.9. The molecule has 0 saturated carbocycles. The van der Waals surface area contributed by atoms with Gasteiger partial charge in [-0.15, -0.1) is 0 Å². The monoisotopic (exact) mass is 465 g/mol. The van der Waals surface area contributed by atoms with Crippen LogP contribution in [0.5, 0.6) is 17.2 Å². The molecule has 180 valence electrons. The smallest absolute Gasteiger partial charge is 0.273 e. The average molecular weight is 466 g/mol. The Balaban J connectivity index is 1.35. The molecular formula is C26H31N3O5. The number of ether oxygens (including phenoxy) is 3. The molecule has 1 aliphatic heterocycles. The lowest BCUT2D eigenvalue weighted by Gasteiger charge is -2.22. The lowest BCUT2D eigenvalue weighted by molar-refractivity contribution is 0.0941. The van der Waals surface area contributed by atoms with Crippen LogP contribution in [0, 0.1) is 5.92 Å². The third-order valence-electron chi connectivity index (χ3n) is 5.65. The molecule has 34 heavy (non-hydrogen) atoms. The van der Waals surface area contributed by atoms with Crippen molar-refractivity contribution in [2.45, 2.75) is 39.9 Å². The van der Waals surface area contributed by atoms with Crippen molar-refractivity contribution in [1.29, 1.82) is 0 Å². The van der Waals surface area contributed by atoms with E-state index in [1.54, 1.807) is 13.2 Å². The minimum atomic E-state index is -0.281. The summed E-state index contributed by atoms with van der Waals surface area (Å²) >= 11 is 0. The topological polar surface area (TPSA) is 86.1 Å². The predicted octanol–water partition coefficient (Wildman–Crippen LogP) is 4.39. The second-order valence-corrected chi connectivity index (χ2v) is 8.79. The number of hydrogen-bond acceptors (Lipinski definition) is 7. The average Bonchev–Trinajstić information content (AvgIpc) is 3.50. The van der Waals surface area contributed by atoms with Crippen LogP contribution in [0.1, 0.15) is 47.6 Å². The first-order chi connectivity index (χ1) is 16.5. The fourth-order valence-electron chi connectivity index (χ4n) is 3.68. The van der Waals surface area contributed by atoms with Gasteiger partial charge in [0.05, 0.1) is 13.7 Å². The SMILES string of the molecule is COc1ccc(CN(CCC(C)C)Cc2cc(C(=O)NCc3ccc4c(c3)OCO4)no2)cc1. The lowest BCUT2D eigenvalue weighted by Crippen LogP contribution is -2.25. The first-order valence-corrected chi connectivity index (χ1v) is 11.5. The van der Waals surface area contributed by atoms with Gasteiger partial charge in [-0.1, -0.05) is 37.2 Å². The third-order valence-corrected chi connectivity index (χ3v) is 5.65. The Morgan fingerprint density at radius 2 is 1.82 bits per heavy atom. The van der Waals surface area contributed by atoms with Crippen molar-refractivity contribution in [2.24, 2.45) is 5.92 Å². The van der Waals surface area contributed by atoms with Crippen molar-refractivity contribution in [3.63, 3.8) is 0 Å². The minimum absolute atomic E-state index is 0.222. The highest BCUT2D eigenvalue weighted by atomic mass is 16.7. The number of nitrogens with one attached hydrogen (secondary N) is 1. The van der Waals surface area contributed by atoms with E-state index < -0.39 is 0 Å². The summed E-state index contributed by atoms with van der Waals surface area (Å²) in [5, 5.41) is 6.87. The van der Waals surface area contributed by atoms with Crippen LogP contribution in [0.3, 0.4) is 0 Å². The van der Waals surface area contributed by atoms with Crippen molar-refractivity contribution in [2.75, 3.05) is 20.4 Å². The molecule has 8 heteroatoms. The van der Waals surface area contributed by atoms with Gasteiger partial charge < -0.3 is 24.1 Å². The summed E-state index contributed by atoms with van der Waals surface area (Å²) in [5.41, 5.74) is 2.37. The Bertz CT molecular complexity index is 1090. The molecule has 8 nitrogen and oxygen atoms in total. The van der Waals surface area contributed by atoms with Crippen LogP contribution in [0.25, 0.3) is 0 Å². The molecule has 0 radical (unpaired) electrons. The Morgan fingerprint density at radius 3 is 2.59 bits per heavy atom. The molecule has 1 aliphatic rings. The van der Waals surface area contributed by atoms with Crippen molar-refractivity contribution in [1.82, 2.24) is 15.4 Å². The lowest BCUT2D eigenvalue weighted by atomic mass is 10.1. The molecule has 1 aromatic heterocycles. The normalized spacial score (nSPS) is 12.4. The molecule has 2 aromatic carbocycles. The van der Waals surface area contributed by atoms with Gasteiger partial charge >= 0.3 is 0 Å². The highest BCUT2D eigenvalue weighted by Gasteiger charge is 2.17. The highest BCUT2D eigenvalue weighted by Crippen LogP contribution is 2.32. The maximum Gasteiger partial charge on any atom is 0.273 e. The second kappa shape index (κ2) is 11.1. The van der Waals surface area contributed by atoms with Gasteiger partial charge in [0.1, 0.15) is 5.75 Å². The standard InChI is InChI=1S/C26H31N3O5/c1-18(2)10-11-29(15-19-4-7-21(31-3)8-5-19)16-22-13-23(28-34-22)26(30)27-14-20-6-9-24-25(12-20)33-17-32-24/h4-9,12-13,18H,10-11,14-17H2,1-3H3,(H,27,30). The Morgan fingerprint density at radius 1 is 1.06 bits per heavy atom. The summed E-state index contributed by atoms with van der Waals surface area (Å²) in [6, 6.07) is 15.4. The molecular weight excluding hydrogens is 434 g/mol. The summed E-state index contributed by atoms with van der Waals surface area (Å²) in [4.78, 5) is 14.9. The van der Waals surface area contributed by atoms with Crippen molar-refractivity contribution in [3.8, 4) is 17.2 Å². The number of benzene rings is 2. The van der Waals surface area contributed by atoms with E-state index in [4.69, 9.17) is 18.7 Å². The van der Waals surface area contributed by atoms with Crippen LogP contribution in [-0.2, 0) is 19.6 Å². The summed E-state index contributed by atoms with van der Waals surface area (Å²) < 4.78 is 21.5. The summed E-state index contributed by atoms with van der Waals surface area (Å²) in [6.45, 7) is 7.25. The Hall–Kier alpha value is -3.52. The number of amides is 1. The van der Waals surface area contributed by atoms with E-state index in [0.29, 0.717) is 36.3 Å².